The zero-order chi connectivity index (χ0) is 20.9. The van der Waals surface area contributed by atoms with E-state index in [9.17, 15) is 13.2 Å². The number of benzene rings is 1. The van der Waals surface area contributed by atoms with Crippen LogP contribution in [0.5, 0.6) is 0 Å². The van der Waals surface area contributed by atoms with Crippen molar-refractivity contribution in [1.82, 2.24) is 14.7 Å². The number of fused-ring (bicyclic) bond motifs is 3. The lowest BCUT2D eigenvalue weighted by Crippen LogP contribution is -2.32. The summed E-state index contributed by atoms with van der Waals surface area (Å²) in [6.45, 7) is 1.42. The van der Waals surface area contributed by atoms with Crippen LogP contribution in [0.2, 0.25) is 5.02 Å². The number of thioether (sulfide) groups is 1. The lowest BCUT2D eigenvalue weighted by Gasteiger charge is -2.23. The Morgan fingerprint density at radius 1 is 1.43 bits per heavy atom. The second-order valence-electron chi connectivity index (χ2n) is 5.64. The monoisotopic (exact) mass is 444 g/mol. The predicted molar refractivity (Wildman–Crippen MR) is 107 cm³/mol. The van der Waals surface area contributed by atoms with E-state index in [2.05, 4.69) is 26.9 Å². The van der Waals surface area contributed by atoms with E-state index in [-0.39, 0.29) is 24.2 Å². The highest BCUT2D eigenvalue weighted by atomic mass is 35.5. The molecule has 2 aromatic rings. The zero-order valence-electron chi connectivity index (χ0n) is 14.8. The average molecular weight is 445 g/mol. The van der Waals surface area contributed by atoms with Crippen molar-refractivity contribution in [2.24, 2.45) is 0 Å². The summed E-state index contributed by atoms with van der Waals surface area (Å²) >= 11 is 7.79. The van der Waals surface area contributed by atoms with Crippen LogP contribution in [-0.2, 0) is 19.6 Å². The molecule has 1 unspecified atom stereocenters. The van der Waals surface area contributed by atoms with Crippen LogP contribution in [0, 0.1) is 0 Å². The molecule has 0 saturated carbocycles. The Bertz CT molecular complexity index is 1000. The molecule has 150 valence electrons. The van der Waals surface area contributed by atoms with Crippen LogP contribution in [0.4, 0.5) is 5.95 Å². The first-order chi connectivity index (χ1) is 13.1. The van der Waals surface area contributed by atoms with E-state index in [1.807, 2.05) is 18.2 Å². The number of nitrogens with zero attached hydrogens (tertiary/aromatic N) is 2. The molecule has 3 N–H and O–H groups in total. The fraction of sp³-hybridized carbons (Fsp3) is 0.250. The van der Waals surface area contributed by atoms with E-state index in [0.29, 0.717) is 10.7 Å². The summed E-state index contributed by atoms with van der Waals surface area (Å²) in [6.07, 6.45) is 2.65. The standard InChI is InChI=1S/C15H15ClN4O3S2.CH2O2/c1-8-11-6-17-15(19-13(21)7-18-25(2,22)23)20-14(11)10-5-9(16)3-4-12(10)24-8;2-1-3/h3-6,8,18H,7H2,1-2H3,(H,17,19,20,21);1H,(H,2,3). The van der Waals surface area contributed by atoms with Crippen molar-refractivity contribution in [1.29, 1.82) is 0 Å². The number of carboxylic acid groups (broad SMARTS) is 1. The molecule has 1 aliphatic heterocycles. The Morgan fingerprint density at radius 3 is 2.75 bits per heavy atom. The number of anilines is 1. The Kier molecular flexibility index (Phi) is 7.35. The number of aromatic nitrogens is 2. The molecule has 0 bridgehead atoms. The lowest BCUT2D eigenvalue weighted by molar-refractivity contribution is -0.123. The molecule has 1 aliphatic rings. The first-order valence-electron chi connectivity index (χ1n) is 7.80. The maximum absolute atomic E-state index is 11.8. The van der Waals surface area contributed by atoms with Crippen LogP contribution in [0.15, 0.2) is 29.3 Å². The van der Waals surface area contributed by atoms with Gasteiger partial charge < -0.3 is 5.11 Å². The molecular weight excluding hydrogens is 428 g/mol. The average Bonchev–Trinajstić information content (AvgIpc) is 2.61. The Morgan fingerprint density at radius 2 is 2.11 bits per heavy atom. The second kappa shape index (κ2) is 9.32. The second-order valence-corrected chi connectivity index (χ2v) is 9.30. The van der Waals surface area contributed by atoms with Gasteiger partial charge in [0.25, 0.3) is 6.47 Å². The molecule has 0 saturated heterocycles. The number of carbonyl (C=O) groups excluding carboxylic acids is 1. The van der Waals surface area contributed by atoms with Crippen LogP contribution in [0.1, 0.15) is 17.7 Å². The summed E-state index contributed by atoms with van der Waals surface area (Å²) in [5.74, 6) is -0.431. The van der Waals surface area contributed by atoms with E-state index >= 15 is 0 Å². The molecule has 0 fully saturated rings. The lowest BCUT2D eigenvalue weighted by atomic mass is 10.0. The van der Waals surface area contributed by atoms with Crippen molar-refractivity contribution >= 4 is 51.7 Å². The van der Waals surface area contributed by atoms with Crippen LogP contribution >= 0.6 is 23.4 Å². The molecule has 1 atom stereocenters. The van der Waals surface area contributed by atoms with E-state index in [4.69, 9.17) is 21.5 Å². The van der Waals surface area contributed by atoms with Gasteiger partial charge >= 0.3 is 0 Å². The third kappa shape index (κ3) is 5.89. The van der Waals surface area contributed by atoms with Gasteiger partial charge in [0, 0.05) is 32.5 Å². The third-order valence-electron chi connectivity index (χ3n) is 3.50. The fourth-order valence-corrected chi connectivity index (χ4v) is 4.05. The van der Waals surface area contributed by atoms with Gasteiger partial charge in [-0.3, -0.25) is 14.9 Å². The van der Waals surface area contributed by atoms with Gasteiger partial charge in [-0.15, -0.1) is 11.8 Å². The Balaban J connectivity index is 0.000000878. The van der Waals surface area contributed by atoms with Gasteiger partial charge in [-0.25, -0.2) is 23.1 Å². The first kappa shape index (κ1) is 22.1. The summed E-state index contributed by atoms with van der Waals surface area (Å²) in [4.78, 5) is 29.9. The van der Waals surface area contributed by atoms with Crippen LogP contribution in [0.3, 0.4) is 0 Å². The van der Waals surface area contributed by atoms with Crippen molar-refractivity contribution in [2.75, 3.05) is 18.1 Å². The first-order valence-corrected chi connectivity index (χ1v) is 11.0. The molecule has 1 aromatic heterocycles. The molecule has 0 spiro atoms. The molecule has 12 heteroatoms. The van der Waals surface area contributed by atoms with Crippen LogP contribution < -0.4 is 10.0 Å². The van der Waals surface area contributed by atoms with Crippen LogP contribution in [0.25, 0.3) is 11.3 Å². The molecule has 1 aromatic carbocycles. The number of carbonyl (C=O) groups is 2. The minimum absolute atomic E-state index is 0.115. The van der Waals surface area contributed by atoms with E-state index in [1.165, 1.54) is 0 Å². The topological polar surface area (TPSA) is 138 Å². The van der Waals surface area contributed by atoms with E-state index in [1.54, 1.807) is 18.0 Å². The molecule has 3 rings (SSSR count). The number of hydrogen-bond acceptors (Lipinski definition) is 7. The molecular formula is C16H17ClN4O5S2. The van der Waals surface area contributed by atoms with Crippen molar-refractivity contribution in [3.8, 4) is 11.3 Å². The highest BCUT2D eigenvalue weighted by Gasteiger charge is 2.25. The minimum atomic E-state index is -3.45. The SMILES string of the molecule is CC1Sc2ccc(Cl)cc2-c2nc(NC(=O)CNS(C)(=O)=O)ncc21.O=CO. The Hall–Kier alpha value is -2.21. The van der Waals surface area contributed by atoms with Crippen molar-refractivity contribution in [3.05, 3.63) is 35.0 Å². The van der Waals surface area contributed by atoms with Gasteiger partial charge in [0.15, 0.2) is 0 Å². The van der Waals surface area contributed by atoms with Gasteiger partial charge in [-0.1, -0.05) is 11.6 Å². The van der Waals surface area contributed by atoms with Gasteiger partial charge in [0.1, 0.15) is 0 Å². The quantitative estimate of drug-likeness (QED) is 0.609. The third-order valence-corrected chi connectivity index (χ3v) is 5.62. The number of hydrogen-bond donors (Lipinski definition) is 3. The summed E-state index contributed by atoms with van der Waals surface area (Å²) < 4.78 is 24.2. The normalized spacial score (nSPS) is 14.8. The molecule has 28 heavy (non-hydrogen) atoms. The number of halogens is 1. The number of nitrogens with one attached hydrogen (secondary N) is 2. The van der Waals surface area contributed by atoms with Gasteiger partial charge in [-0.2, -0.15) is 0 Å². The maximum atomic E-state index is 11.8. The number of sulfonamides is 1. The van der Waals surface area contributed by atoms with E-state index in [0.717, 1.165) is 22.3 Å². The van der Waals surface area contributed by atoms with Crippen molar-refractivity contribution in [2.45, 2.75) is 17.1 Å². The van der Waals surface area contributed by atoms with Gasteiger partial charge in [0.05, 0.1) is 18.5 Å². The fourth-order valence-electron chi connectivity index (χ4n) is 2.37. The summed E-state index contributed by atoms with van der Waals surface area (Å²) in [7, 11) is -3.45. The molecule has 1 amide bonds. The molecule has 9 nitrogen and oxygen atoms in total. The van der Waals surface area contributed by atoms with E-state index < -0.39 is 15.9 Å². The highest BCUT2D eigenvalue weighted by molar-refractivity contribution is 7.99. The highest BCUT2D eigenvalue weighted by Crippen LogP contribution is 2.48. The number of amides is 1. The zero-order valence-corrected chi connectivity index (χ0v) is 17.2. The smallest absolute Gasteiger partial charge is 0.290 e. The summed E-state index contributed by atoms with van der Waals surface area (Å²) in [6, 6.07) is 5.60. The molecule has 2 heterocycles. The van der Waals surface area contributed by atoms with Crippen molar-refractivity contribution in [3.63, 3.8) is 0 Å². The summed E-state index contributed by atoms with van der Waals surface area (Å²) in [5.41, 5.74) is 2.55. The van der Waals surface area contributed by atoms with Crippen LogP contribution in [-0.4, -0.2) is 48.7 Å². The minimum Gasteiger partial charge on any atom is -0.483 e. The van der Waals surface area contributed by atoms with Gasteiger partial charge in [0.2, 0.25) is 21.9 Å². The predicted octanol–water partition coefficient (Wildman–Crippen LogP) is 2.15. The van der Waals surface area contributed by atoms with Crippen molar-refractivity contribution < 1.29 is 23.1 Å². The molecule has 0 aliphatic carbocycles. The van der Waals surface area contributed by atoms with Gasteiger partial charge in [-0.05, 0) is 25.1 Å². The maximum Gasteiger partial charge on any atom is 0.290 e. The number of rotatable bonds is 4. The largest absolute Gasteiger partial charge is 0.483 e. The summed E-state index contributed by atoms with van der Waals surface area (Å²) in [5, 5.41) is 10.2. The molecule has 0 radical (unpaired) electrons. The Labute approximate surface area is 171 Å².